The van der Waals surface area contributed by atoms with Crippen molar-refractivity contribution in [2.75, 3.05) is 5.32 Å². The molecule has 1 aromatic carbocycles. The van der Waals surface area contributed by atoms with E-state index in [4.69, 9.17) is 10.1 Å². The van der Waals surface area contributed by atoms with Crippen LogP contribution >= 0.6 is 11.3 Å². The summed E-state index contributed by atoms with van der Waals surface area (Å²) in [6.45, 7) is 7.54. The van der Waals surface area contributed by atoms with Crippen molar-refractivity contribution in [3.63, 3.8) is 0 Å². The van der Waals surface area contributed by atoms with Gasteiger partial charge >= 0.3 is 6.09 Å². The van der Waals surface area contributed by atoms with Crippen LogP contribution in [0.2, 0.25) is 0 Å². The predicted molar refractivity (Wildman–Crippen MR) is 127 cm³/mol. The molecule has 0 radical (unpaired) electrons. The van der Waals surface area contributed by atoms with E-state index in [1.807, 2.05) is 27.7 Å². The van der Waals surface area contributed by atoms with Gasteiger partial charge < -0.3 is 20.7 Å². The molecule has 1 aromatic heterocycles. The maximum atomic E-state index is 14.8. The molecule has 0 atom stereocenters. The molecular weight excluding hydrogens is 429 g/mol. The second kappa shape index (κ2) is 10.8. The molecule has 32 heavy (non-hydrogen) atoms. The van der Waals surface area contributed by atoms with Crippen LogP contribution in [0.1, 0.15) is 64.3 Å². The number of guanidine groups is 1. The minimum absolute atomic E-state index is 0.120. The second-order valence-electron chi connectivity index (χ2n) is 8.70. The van der Waals surface area contributed by atoms with Gasteiger partial charge in [0, 0.05) is 35.4 Å². The number of hydrogen-bond acceptors (Lipinski definition) is 5. The molecule has 0 spiro atoms. The Morgan fingerprint density at radius 2 is 1.94 bits per heavy atom. The third kappa shape index (κ3) is 6.66. The van der Waals surface area contributed by atoms with E-state index in [-0.39, 0.29) is 36.1 Å². The smallest absolute Gasteiger partial charge is 0.407 e. The number of hydrogen-bond donors (Lipinski definition) is 4. The number of carbonyl (C=O) groups excluding carboxylic acids is 1. The minimum atomic E-state index is -0.358. The van der Waals surface area contributed by atoms with Crippen LogP contribution in [0.5, 0.6) is 0 Å². The van der Waals surface area contributed by atoms with Gasteiger partial charge in [-0.15, -0.1) is 11.3 Å². The zero-order valence-electron chi connectivity index (χ0n) is 19.0. The first-order chi connectivity index (χ1) is 15.2. The molecule has 0 bridgehead atoms. The molecule has 0 saturated heterocycles. The van der Waals surface area contributed by atoms with Crippen LogP contribution in [0.4, 0.5) is 14.9 Å². The van der Waals surface area contributed by atoms with Gasteiger partial charge in [-0.2, -0.15) is 0 Å². The normalized spacial score (nSPS) is 18.5. The van der Waals surface area contributed by atoms with Crippen molar-refractivity contribution in [3.05, 3.63) is 35.2 Å². The van der Waals surface area contributed by atoms with Gasteiger partial charge in [0.25, 0.3) is 0 Å². The van der Waals surface area contributed by atoms with E-state index in [0.29, 0.717) is 17.2 Å². The summed E-state index contributed by atoms with van der Waals surface area (Å²) < 4.78 is 19.9. The number of carbonyl (C=O) groups is 1. The monoisotopic (exact) mass is 461 g/mol. The van der Waals surface area contributed by atoms with Crippen molar-refractivity contribution in [2.24, 2.45) is 0 Å². The van der Waals surface area contributed by atoms with E-state index in [2.05, 4.69) is 20.9 Å². The first-order valence-corrected chi connectivity index (χ1v) is 11.9. The minimum Gasteiger partial charge on any atom is -0.447 e. The van der Waals surface area contributed by atoms with Gasteiger partial charge in [0.05, 0.1) is 16.0 Å². The largest absolute Gasteiger partial charge is 0.447 e. The highest BCUT2D eigenvalue weighted by Gasteiger charge is 2.26. The predicted octanol–water partition coefficient (Wildman–Crippen LogP) is 5.45. The average molecular weight is 462 g/mol. The second-order valence-corrected chi connectivity index (χ2v) is 9.77. The lowest BCUT2D eigenvalue weighted by atomic mass is 9.86. The van der Waals surface area contributed by atoms with Gasteiger partial charge in [0.2, 0.25) is 0 Å². The van der Waals surface area contributed by atoms with Crippen LogP contribution in [0, 0.1) is 11.2 Å². The molecule has 1 aliphatic rings. The van der Waals surface area contributed by atoms with Crippen LogP contribution in [0.3, 0.4) is 0 Å². The summed E-state index contributed by atoms with van der Waals surface area (Å²) in [5.41, 5.74) is 1.03. The Kier molecular flexibility index (Phi) is 8.06. The zero-order chi connectivity index (χ0) is 23.3. The molecular formula is C23H32FN5O2S. The summed E-state index contributed by atoms with van der Waals surface area (Å²) >= 11 is 1.52. The number of nitrogens with zero attached hydrogens (tertiary/aromatic N) is 1. The molecule has 3 rings (SSSR count). The molecule has 1 heterocycles. The number of nitrogens with one attached hydrogen (secondary N) is 4. The number of amides is 1. The standard InChI is InChI=1S/C23H32FN5O2S/c1-13(2)27-22(25)28-17-9-10-18(19(24)11-17)20-12-26-21(32-20)15-5-7-16(8-6-15)29-23(30)31-14(3)4/h9-16H,5-8H2,1-4H3,(H,29,30)(H3,25,27,28)/t15-,16-. The number of thiazole rings is 1. The third-order valence-electron chi connectivity index (χ3n) is 5.20. The summed E-state index contributed by atoms with van der Waals surface area (Å²) in [7, 11) is 0. The molecule has 2 aromatic rings. The summed E-state index contributed by atoms with van der Waals surface area (Å²) in [5, 5.41) is 17.6. The number of benzene rings is 1. The first-order valence-electron chi connectivity index (χ1n) is 11.1. The molecule has 1 aliphatic carbocycles. The maximum Gasteiger partial charge on any atom is 0.407 e. The molecule has 7 nitrogen and oxygen atoms in total. The molecule has 0 unspecified atom stereocenters. The van der Waals surface area contributed by atoms with Gasteiger partial charge in [0.15, 0.2) is 5.96 Å². The van der Waals surface area contributed by atoms with Crippen molar-refractivity contribution in [2.45, 2.75) is 77.5 Å². The molecule has 9 heteroatoms. The molecule has 1 fully saturated rings. The van der Waals surface area contributed by atoms with E-state index in [0.717, 1.165) is 35.6 Å². The third-order valence-corrected chi connectivity index (χ3v) is 6.39. The quantitative estimate of drug-likeness (QED) is 0.338. The van der Waals surface area contributed by atoms with E-state index in [1.165, 1.54) is 17.4 Å². The highest BCUT2D eigenvalue weighted by atomic mass is 32.1. The SMILES string of the molecule is CC(C)NC(=N)Nc1ccc(-c2cnc([C@H]3CC[C@H](NC(=O)OC(C)C)CC3)s2)c(F)c1. The Morgan fingerprint density at radius 1 is 1.22 bits per heavy atom. The van der Waals surface area contributed by atoms with Crippen LogP contribution < -0.4 is 16.0 Å². The summed E-state index contributed by atoms with van der Waals surface area (Å²) in [6, 6.07) is 5.13. The van der Waals surface area contributed by atoms with Gasteiger partial charge in [-0.05, 0) is 71.6 Å². The van der Waals surface area contributed by atoms with Crippen LogP contribution in [-0.4, -0.2) is 35.2 Å². The van der Waals surface area contributed by atoms with Crippen molar-refractivity contribution >= 4 is 29.1 Å². The summed E-state index contributed by atoms with van der Waals surface area (Å²) in [5.74, 6) is 0.105. The first kappa shape index (κ1) is 24.0. The van der Waals surface area contributed by atoms with Gasteiger partial charge in [0.1, 0.15) is 5.82 Å². The number of anilines is 1. The molecule has 1 saturated carbocycles. The number of rotatable bonds is 6. The molecule has 174 valence electrons. The number of aromatic nitrogens is 1. The lowest BCUT2D eigenvalue weighted by Gasteiger charge is -2.28. The summed E-state index contributed by atoms with van der Waals surface area (Å²) in [6.07, 6.45) is 4.84. The molecule has 1 amide bonds. The Labute approximate surface area is 192 Å². The molecule has 4 N–H and O–H groups in total. The average Bonchev–Trinajstić information content (AvgIpc) is 3.17. The van der Waals surface area contributed by atoms with E-state index in [9.17, 15) is 9.18 Å². The molecule has 0 aliphatic heterocycles. The Morgan fingerprint density at radius 3 is 2.56 bits per heavy atom. The Balaban J connectivity index is 1.58. The fourth-order valence-electron chi connectivity index (χ4n) is 3.76. The Bertz CT molecular complexity index is 938. The van der Waals surface area contributed by atoms with E-state index >= 15 is 0 Å². The van der Waals surface area contributed by atoms with Crippen molar-refractivity contribution in [1.29, 1.82) is 5.41 Å². The number of halogens is 1. The zero-order valence-corrected chi connectivity index (χ0v) is 19.8. The van der Waals surface area contributed by atoms with Gasteiger partial charge in [-0.1, -0.05) is 0 Å². The van der Waals surface area contributed by atoms with Crippen LogP contribution in [0.25, 0.3) is 10.4 Å². The fraction of sp³-hybridized carbons (Fsp3) is 0.522. The van der Waals surface area contributed by atoms with Crippen molar-refractivity contribution in [1.82, 2.24) is 15.6 Å². The van der Waals surface area contributed by atoms with E-state index in [1.54, 1.807) is 18.3 Å². The van der Waals surface area contributed by atoms with Gasteiger partial charge in [-0.25, -0.2) is 14.2 Å². The lowest BCUT2D eigenvalue weighted by molar-refractivity contribution is 0.109. The number of ether oxygens (including phenoxy) is 1. The van der Waals surface area contributed by atoms with Crippen molar-refractivity contribution < 1.29 is 13.9 Å². The highest BCUT2D eigenvalue weighted by Crippen LogP contribution is 2.38. The van der Waals surface area contributed by atoms with Crippen molar-refractivity contribution in [3.8, 4) is 10.4 Å². The van der Waals surface area contributed by atoms with Crippen LogP contribution in [-0.2, 0) is 4.74 Å². The number of alkyl carbamates (subject to hydrolysis) is 1. The fourth-order valence-corrected chi connectivity index (χ4v) is 4.88. The summed E-state index contributed by atoms with van der Waals surface area (Å²) in [4.78, 5) is 17.2. The topological polar surface area (TPSA) is 99.1 Å². The Hall–Kier alpha value is -2.68. The van der Waals surface area contributed by atoms with E-state index < -0.39 is 0 Å². The van der Waals surface area contributed by atoms with Crippen LogP contribution in [0.15, 0.2) is 24.4 Å². The highest BCUT2D eigenvalue weighted by molar-refractivity contribution is 7.15. The van der Waals surface area contributed by atoms with Gasteiger partial charge in [-0.3, -0.25) is 5.41 Å². The lowest BCUT2D eigenvalue weighted by Crippen LogP contribution is -2.38. The maximum absolute atomic E-state index is 14.8.